The van der Waals surface area contributed by atoms with E-state index in [1.54, 1.807) is 19.2 Å². The summed E-state index contributed by atoms with van der Waals surface area (Å²) < 4.78 is 33.6. The topological polar surface area (TPSA) is 109 Å². The number of aromatic amines is 1. The van der Waals surface area contributed by atoms with Crippen LogP contribution in [0.3, 0.4) is 0 Å². The monoisotopic (exact) mass is 578 g/mol. The minimum absolute atomic E-state index is 0.0112. The molecule has 6 atom stereocenters. The third-order valence-corrected chi connectivity index (χ3v) is 9.46. The van der Waals surface area contributed by atoms with Crippen molar-refractivity contribution in [1.82, 2.24) is 9.88 Å². The Balaban J connectivity index is 1.29. The fourth-order valence-corrected chi connectivity index (χ4v) is 7.60. The van der Waals surface area contributed by atoms with Crippen molar-refractivity contribution in [2.75, 3.05) is 48.6 Å². The summed E-state index contributed by atoms with van der Waals surface area (Å²) in [6.07, 6.45) is 1.04. The first kappa shape index (κ1) is 28.4. The Morgan fingerprint density at radius 1 is 0.952 bits per heavy atom. The fourth-order valence-electron chi connectivity index (χ4n) is 7.60. The number of para-hydroxylation sites is 1. The summed E-state index contributed by atoms with van der Waals surface area (Å²) in [5.74, 6) is -0.254. The maximum absolute atomic E-state index is 13.5. The fraction of sp³-hybridized carbons (Fsp3) is 0.500. The Kier molecular flexibility index (Phi) is 7.76. The quantitative estimate of drug-likeness (QED) is 0.414. The minimum atomic E-state index is -0.651. The average molecular weight is 579 g/mol. The van der Waals surface area contributed by atoms with E-state index in [2.05, 4.69) is 34.1 Å². The molecule has 224 valence electrons. The molecule has 1 aliphatic carbocycles. The van der Waals surface area contributed by atoms with Crippen LogP contribution in [0.4, 0.5) is 0 Å². The molecule has 1 aromatic heterocycles. The zero-order valence-corrected chi connectivity index (χ0v) is 24.7. The third-order valence-electron chi connectivity index (χ3n) is 9.46. The van der Waals surface area contributed by atoms with Crippen LogP contribution in [0.15, 0.2) is 36.4 Å². The highest BCUT2D eigenvalue weighted by atomic mass is 16.6. The molecule has 3 heterocycles. The predicted molar refractivity (Wildman–Crippen MR) is 154 cm³/mol. The number of fused-ring (bicyclic) bond motifs is 6. The molecule has 1 N–H and O–H groups in total. The van der Waals surface area contributed by atoms with Crippen LogP contribution in [0.1, 0.15) is 40.5 Å². The van der Waals surface area contributed by atoms with Crippen molar-refractivity contribution < 1.29 is 38.0 Å². The van der Waals surface area contributed by atoms with Gasteiger partial charge in [0.15, 0.2) is 11.5 Å². The Morgan fingerprint density at radius 2 is 1.69 bits per heavy atom. The molecule has 10 nitrogen and oxygen atoms in total. The lowest BCUT2D eigenvalue weighted by atomic mass is 9.63. The summed E-state index contributed by atoms with van der Waals surface area (Å²) in [5, 5.41) is 1.27. The number of ether oxygens (including phenoxy) is 6. The second-order valence-electron chi connectivity index (χ2n) is 11.3. The van der Waals surface area contributed by atoms with Gasteiger partial charge in [-0.3, -0.25) is 9.69 Å². The Morgan fingerprint density at radius 3 is 2.36 bits per heavy atom. The van der Waals surface area contributed by atoms with E-state index in [9.17, 15) is 9.59 Å². The van der Waals surface area contributed by atoms with Crippen LogP contribution < -0.4 is 14.2 Å². The first-order valence-electron chi connectivity index (χ1n) is 14.4. The lowest BCUT2D eigenvalue weighted by Gasteiger charge is -2.52. The number of nitrogens with zero attached hydrogens (tertiary/aromatic N) is 1. The van der Waals surface area contributed by atoms with Crippen LogP contribution in [0.25, 0.3) is 10.9 Å². The van der Waals surface area contributed by atoms with Gasteiger partial charge in [-0.25, -0.2) is 4.79 Å². The van der Waals surface area contributed by atoms with Gasteiger partial charge in [0.2, 0.25) is 5.75 Å². The third kappa shape index (κ3) is 4.66. The van der Waals surface area contributed by atoms with Crippen molar-refractivity contribution >= 4 is 22.8 Å². The van der Waals surface area contributed by atoms with Crippen molar-refractivity contribution in [2.45, 2.75) is 37.5 Å². The van der Waals surface area contributed by atoms with Crippen LogP contribution in [-0.2, 0) is 25.4 Å². The molecule has 1 unspecified atom stereocenters. The number of aromatic nitrogens is 1. The van der Waals surface area contributed by atoms with Crippen LogP contribution >= 0.6 is 0 Å². The molecule has 1 saturated carbocycles. The summed E-state index contributed by atoms with van der Waals surface area (Å²) in [7, 11) is 7.45. The van der Waals surface area contributed by atoms with Gasteiger partial charge in [-0.1, -0.05) is 18.2 Å². The van der Waals surface area contributed by atoms with Gasteiger partial charge in [0.25, 0.3) is 0 Å². The van der Waals surface area contributed by atoms with Crippen LogP contribution in [-0.4, -0.2) is 82.7 Å². The first-order chi connectivity index (χ1) is 20.4. The maximum Gasteiger partial charge on any atom is 0.338 e. The zero-order valence-electron chi connectivity index (χ0n) is 24.7. The molecule has 0 radical (unpaired) electrons. The van der Waals surface area contributed by atoms with Gasteiger partial charge >= 0.3 is 11.9 Å². The van der Waals surface area contributed by atoms with E-state index < -0.39 is 24.1 Å². The summed E-state index contributed by atoms with van der Waals surface area (Å²) in [6, 6.07) is 11.7. The molecule has 0 amide bonds. The number of methoxy groups -OCH3 is 5. The largest absolute Gasteiger partial charge is 0.493 e. The van der Waals surface area contributed by atoms with Crippen molar-refractivity contribution in [3.05, 3.63) is 53.2 Å². The second-order valence-corrected chi connectivity index (χ2v) is 11.3. The van der Waals surface area contributed by atoms with Crippen LogP contribution in [0, 0.1) is 17.8 Å². The minimum Gasteiger partial charge on any atom is -0.493 e. The molecule has 2 fully saturated rings. The number of nitrogens with one attached hydrogen (secondary N) is 1. The molecule has 2 aliphatic heterocycles. The van der Waals surface area contributed by atoms with Gasteiger partial charge in [-0.15, -0.1) is 0 Å². The molecule has 42 heavy (non-hydrogen) atoms. The van der Waals surface area contributed by atoms with E-state index >= 15 is 0 Å². The van der Waals surface area contributed by atoms with E-state index in [4.69, 9.17) is 28.4 Å². The number of H-pyrrole nitrogens is 1. The molecule has 6 rings (SSSR count). The number of rotatable bonds is 7. The van der Waals surface area contributed by atoms with Crippen molar-refractivity contribution in [2.24, 2.45) is 17.8 Å². The van der Waals surface area contributed by atoms with Gasteiger partial charge in [0.05, 0.1) is 46.0 Å². The van der Waals surface area contributed by atoms with Crippen LogP contribution in [0.5, 0.6) is 17.2 Å². The summed E-state index contributed by atoms with van der Waals surface area (Å²) in [4.78, 5) is 33.1. The Labute approximate surface area is 245 Å². The van der Waals surface area contributed by atoms with Gasteiger partial charge in [0, 0.05) is 36.8 Å². The molecule has 3 aliphatic rings. The predicted octanol–water partition coefficient (Wildman–Crippen LogP) is 4.16. The molecular formula is C32H38N2O8. The Hall–Kier alpha value is -3.76. The highest BCUT2D eigenvalue weighted by Crippen LogP contribution is 2.50. The SMILES string of the molecule is COC(=O)C1[C@H]2C[C@@H]3c4[nH]c5ccccc5c4CCN3C[C@H]2C[C@@H](OC(=O)c2cc(OC)c(OC)c(OC)c2)[C@@H]1OC. The highest BCUT2D eigenvalue weighted by molar-refractivity contribution is 5.91. The molecule has 3 aromatic rings. The Bertz CT molecular complexity index is 1460. The van der Waals surface area contributed by atoms with Crippen LogP contribution in [0.2, 0.25) is 0 Å². The summed E-state index contributed by atoms with van der Waals surface area (Å²) in [6.45, 7) is 1.74. The molecule has 0 bridgehead atoms. The lowest BCUT2D eigenvalue weighted by molar-refractivity contribution is -0.176. The molecule has 0 spiro atoms. The standard InChI is InChI=1S/C32H38N2O8/c1-37-24-12-17(13-25(38-2)29(24)39-3)31(35)42-26-14-18-16-34-11-10-20-19-8-6-7-9-22(19)33-28(20)23(34)15-21(18)27(30(26)40-4)32(36)41-5/h6-9,12-13,18,21,23,26-27,30,33H,10-11,14-16H2,1-5H3/t18-,21+,23-,26-,27?,30+/m1/s1. The summed E-state index contributed by atoms with van der Waals surface area (Å²) in [5.41, 5.74) is 4.01. The number of carbonyl (C=O) groups is 2. The van der Waals surface area contributed by atoms with E-state index in [0.29, 0.717) is 23.7 Å². The van der Waals surface area contributed by atoms with Gasteiger partial charge < -0.3 is 33.4 Å². The highest BCUT2D eigenvalue weighted by Gasteiger charge is 2.54. The number of esters is 2. The van der Waals surface area contributed by atoms with Crippen molar-refractivity contribution in [3.8, 4) is 17.2 Å². The zero-order chi connectivity index (χ0) is 29.5. The van der Waals surface area contributed by atoms with Gasteiger partial charge in [-0.05, 0) is 54.9 Å². The van der Waals surface area contributed by atoms with Crippen molar-refractivity contribution in [3.63, 3.8) is 0 Å². The van der Waals surface area contributed by atoms with Gasteiger partial charge in [0.1, 0.15) is 12.2 Å². The molecule has 10 heteroatoms. The maximum atomic E-state index is 13.5. The van der Waals surface area contributed by atoms with E-state index in [0.717, 1.165) is 31.4 Å². The smallest absolute Gasteiger partial charge is 0.338 e. The van der Waals surface area contributed by atoms with Gasteiger partial charge in [-0.2, -0.15) is 0 Å². The molecule has 1 saturated heterocycles. The molecular weight excluding hydrogens is 540 g/mol. The second kappa shape index (κ2) is 11.5. The van der Waals surface area contributed by atoms with E-state index in [1.807, 2.05) is 0 Å². The summed E-state index contributed by atoms with van der Waals surface area (Å²) >= 11 is 0. The first-order valence-corrected chi connectivity index (χ1v) is 14.4. The number of carbonyl (C=O) groups excluding carboxylic acids is 2. The molecule has 2 aromatic carbocycles. The van der Waals surface area contributed by atoms with Crippen molar-refractivity contribution in [1.29, 1.82) is 0 Å². The number of piperidine rings is 1. The average Bonchev–Trinajstić information content (AvgIpc) is 3.41. The lowest BCUT2D eigenvalue weighted by Crippen LogP contribution is -2.58. The number of benzene rings is 2. The number of hydrogen-bond acceptors (Lipinski definition) is 9. The number of hydrogen-bond donors (Lipinski definition) is 1. The van der Waals surface area contributed by atoms with E-state index in [1.165, 1.54) is 45.1 Å². The normalized spacial score (nSPS) is 26.9. The van der Waals surface area contributed by atoms with E-state index in [-0.39, 0.29) is 29.4 Å².